The number of carbonyl (C=O) groups excluding carboxylic acids is 7. The molecule has 5 amide bonds. The van der Waals surface area contributed by atoms with E-state index >= 15 is 0 Å². The molecule has 362 valence electrons. The predicted octanol–water partition coefficient (Wildman–Crippen LogP) is 1.72. The Labute approximate surface area is 389 Å². The largest absolute Gasteiger partial charge is 0.396 e. The monoisotopic (exact) mass is 916 g/mol. The molecule has 66 heavy (non-hydrogen) atoms. The number of carbonyl (C=O) groups is 7. The number of nitrogens with two attached hydrogens (primary N) is 4. The van der Waals surface area contributed by atoms with E-state index in [0.717, 1.165) is 16.7 Å². The number of hydrogen-bond acceptors (Lipinski definition) is 12. The van der Waals surface area contributed by atoms with Crippen molar-refractivity contribution in [3.63, 3.8) is 0 Å². The van der Waals surface area contributed by atoms with Crippen LogP contribution in [0.5, 0.6) is 0 Å². The number of aliphatic hydroxyl groups excluding tert-OH is 1. The average Bonchev–Trinajstić information content (AvgIpc) is 3.29. The maximum Gasteiger partial charge on any atom is 0.243 e. The van der Waals surface area contributed by atoms with Crippen LogP contribution in [0.15, 0.2) is 48.5 Å². The van der Waals surface area contributed by atoms with Gasteiger partial charge in [-0.25, -0.2) is 0 Å². The van der Waals surface area contributed by atoms with Crippen molar-refractivity contribution in [3.8, 4) is 11.8 Å². The lowest BCUT2D eigenvalue weighted by Gasteiger charge is -2.27. The van der Waals surface area contributed by atoms with Crippen molar-refractivity contribution >= 4 is 46.8 Å². The van der Waals surface area contributed by atoms with Crippen molar-refractivity contribution in [2.75, 3.05) is 37.7 Å². The molecule has 0 aliphatic carbocycles. The summed E-state index contributed by atoms with van der Waals surface area (Å²) in [6.45, 7) is 2.45. The van der Waals surface area contributed by atoms with E-state index in [4.69, 9.17) is 22.9 Å². The van der Waals surface area contributed by atoms with Gasteiger partial charge in [-0.15, -0.1) is 0 Å². The summed E-state index contributed by atoms with van der Waals surface area (Å²) in [5.41, 5.74) is 26.2. The number of benzene rings is 2. The summed E-state index contributed by atoms with van der Waals surface area (Å²) in [6.07, 6.45) is 5.19. The first kappa shape index (κ1) is 54.8. The molecule has 5 atom stereocenters. The zero-order valence-electron chi connectivity index (χ0n) is 38.6. The van der Waals surface area contributed by atoms with Crippen LogP contribution in [-0.2, 0) is 40.1 Å². The number of unbranched alkanes of at least 4 members (excludes halogenated alkanes) is 4. The van der Waals surface area contributed by atoms with Crippen molar-refractivity contribution in [1.29, 1.82) is 0 Å². The molecule has 1 aliphatic rings. The number of nitrogens with zero attached hydrogens (tertiary/aromatic N) is 1. The summed E-state index contributed by atoms with van der Waals surface area (Å²) < 4.78 is 0. The van der Waals surface area contributed by atoms with E-state index in [2.05, 4.69) is 33.1 Å². The van der Waals surface area contributed by atoms with E-state index < -0.39 is 60.3 Å². The molecule has 0 bridgehead atoms. The van der Waals surface area contributed by atoms with Gasteiger partial charge in [0.15, 0.2) is 5.78 Å². The van der Waals surface area contributed by atoms with Crippen molar-refractivity contribution < 1.29 is 38.7 Å². The fourth-order valence-corrected chi connectivity index (χ4v) is 7.72. The molecule has 0 unspecified atom stereocenters. The van der Waals surface area contributed by atoms with Crippen LogP contribution in [-0.4, -0.2) is 103 Å². The number of Topliss-reactive ketones (excluding diaryl/α,β-unsaturated/α-hetero) is 2. The van der Waals surface area contributed by atoms with Crippen LogP contribution in [0, 0.1) is 17.8 Å². The number of rotatable bonds is 32. The summed E-state index contributed by atoms with van der Waals surface area (Å²) in [5, 5.41) is 20.9. The van der Waals surface area contributed by atoms with E-state index in [-0.39, 0.29) is 62.4 Å². The number of fused-ring (bicyclic) bond motifs is 2. The molecule has 0 spiro atoms. The van der Waals surface area contributed by atoms with Gasteiger partial charge in [0.1, 0.15) is 23.9 Å². The van der Waals surface area contributed by atoms with Gasteiger partial charge in [-0.2, -0.15) is 0 Å². The molecule has 3 rings (SSSR count). The highest BCUT2D eigenvalue weighted by Gasteiger charge is 2.32. The lowest BCUT2D eigenvalue weighted by Crippen LogP contribution is -2.58. The van der Waals surface area contributed by atoms with Gasteiger partial charge in [-0.1, -0.05) is 42.2 Å². The molecule has 2 aromatic carbocycles. The molecule has 0 saturated carbocycles. The Morgan fingerprint density at radius 2 is 1.02 bits per heavy atom. The van der Waals surface area contributed by atoms with Crippen LogP contribution in [0.2, 0.25) is 0 Å². The average molecular weight is 916 g/mol. The van der Waals surface area contributed by atoms with Gasteiger partial charge in [0, 0.05) is 30.4 Å². The van der Waals surface area contributed by atoms with E-state index in [9.17, 15) is 38.7 Å². The molecule has 13 N–H and O–H groups in total. The topological polar surface area (TPSA) is 295 Å². The van der Waals surface area contributed by atoms with Gasteiger partial charge >= 0.3 is 0 Å². The smallest absolute Gasteiger partial charge is 0.243 e. The Morgan fingerprint density at radius 1 is 0.576 bits per heavy atom. The Morgan fingerprint density at radius 3 is 1.52 bits per heavy atom. The van der Waals surface area contributed by atoms with Gasteiger partial charge in [-0.3, -0.25) is 28.8 Å². The lowest BCUT2D eigenvalue weighted by molar-refractivity contribution is -0.136. The maximum absolute atomic E-state index is 14.1. The maximum atomic E-state index is 14.1. The molecule has 2 aromatic rings. The van der Waals surface area contributed by atoms with Gasteiger partial charge in [0.25, 0.3) is 0 Å². The van der Waals surface area contributed by atoms with Crippen molar-refractivity contribution in [2.24, 2.45) is 28.9 Å². The molecule has 17 heteroatoms. The molecular weight excluding hydrogens is 843 g/mol. The first-order valence-electron chi connectivity index (χ1n) is 23.5. The number of ketones is 2. The van der Waals surface area contributed by atoms with E-state index in [1.165, 1.54) is 6.92 Å². The van der Waals surface area contributed by atoms with Crippen molar-refractivity contribution in [3.05, 3.63) is 65.2 Å². The summed E-state index contributed by atoms with van der Waals surface area (Å²) in [4.78, 5) is 96.3. The SMILES string of the molecule is CC(=O)C[C@@H](CO)C(=O)N[C@H](CCCCN)C(=O)N[C@H](CCCCN)C(=O)N[C@H](CCCCN)C(=O)N[C@H](CCCCN)C(=O)CCCC(=O)N1Cc2ccccc2C#Cc2ccccc21. The second kappa shape index (κ2) is 30.6. The minimum absolute atomic E-state index is 0.0153. The molecule has 0 aromatic heterocycles. The van der Waals surface area contributed by atoms with Gasteiger partial charge in [0.2, 0.25) is 29.5 Å². The molecule has 0 saturated heterocycles. The standard InChI is InChI=1S/C49H73N9O8/c1-34(60)31-38(33-59)46(63)55-40(19-7-11-28-51)48(65)57-42(21-9-13-30-53)49(66)56-41(20-8-12-29-52)47(64)54-39(18-6-10-27-50)44(61)23-14-24-45(62)58-32-37-17-3-2-15-35(37)25-26-36-16-4-5-22-43(36)58/h2-5,15-17,22,38-42,59H,6-14,18-21,23-24,27-33,50-53H2,1H3,(H,54,64)(H,55,63)(H,56,66)(H,57,65)/t38-,39+,40+,41+,42+/m0/s1. The number of para-hydroxylation sites is 1. The second-order valence-electron chi connectivity index (χ2n) is 16.9. The third-order valence-corrected chi connectivity index (χ3v) is 11.5. The molecule has 1 aliphatic heterocycles. The first-order valence-corrected chi connectivity index (χ1v) is 23.5. The Kier molecular flexibility index (Phi) is 25.5. The Hall–Kier alpha value is -5.51. The van der Waals surface area contributed by atoms with E-state index in [1.54, 1.807) is 4.90 Å². The molecule has 17 nitrogen and oxygen atoms in total. The molecule has 0 fully saturated rings. The zero-order valence-corrected chi connectivity index (χ0v) is 38.6. The van der Waals surface area contributed by atoms with Gasteiger partial charge in [-0.05, 0) is 140 Å². The lowest BCUT2D eigenvalue weighted by atomic mass is 9.99. The van der Waals surface area contributed by atoms with E-state index in [0.29, 0.717) is 96.2 Å². The third-order valence-electron chi connectivity index (χ3n) is 11.5. The van der Waals surface area contributed by atoms with Crippen LogP contribution < -0.4 is 49.1 Å². The number of amides is 5. The minimum atomic E-state index is -1.13. The Bertz CT molecular complexity index is 1970. The second-order valence-corrected chi connectivity index (χ2v) is 16.9. The van der Waals surface area contributed by atoms with Gasteiger partial charge in [0.05, 0.1) is 30.8 Å². The number of hydrogen-bond donors (Lipinski definition) is 9. The third kappa shape index (κ3) is 18.8. The quantitative estimate of drug-likeness (QED) is 0.0375. The summed E-state index contributed by atoms with van der Waals surface area (Å²) >= 11 is 0. The highest BCUT2D eigenvalue weighted by Crippen LogP contribution is 2.26. The van der Waals surface area contributed by atoms with Crippen LogP contribution in [0.4, 0.5) is 5.69 Å². The number of nitrogens with one attached hydrogen (secondary N) is 4. The zero-order chi connectivity index (χ0) is 48.3. The summed E-state index contributed by atoms with van der Waals surface area (Å²) in [7, 11) is 0. The summed E-state index contributed by atoms with van der Waals surface area (Å²) in [5.74, 6) is 2.06. The first-order chi connectivity index (χ1) is 31.9. The fourth-order valence-electron chi connectivity index (χ4n) is 7.72. The van der Waals surface area contributed by atoms with Crippen LogP contribution >= 0.6 is 0 Å². The minimum Gasteiger partial charge on any atom is -0.396 e. The number of anilines is 1. The van der Waals surface area contributed by atoms with Crippen molar-refractivity contribution in [1.82, 2.24) is 21.3 Å². The highest BCUT2D eigenvalue weighted by atomic mass is 16.3. The predicted molar refractivity (Wildman–Crippen MR) is 254 cm³/mol. The fraction of sp³-hybridized carbons (Fsp3) is 0.571. The Balaban J connectivity index is 1.77. The van der Waals surface area contributed by atoms with Crippen LogP contribution in [0.25, 0.3) is 0 Å². The molecule has 1 heterocycles. The molecular formula is C49H73N9O8. The van der Waals surface area contributed by atoms with Crippen molar-refractivity contribution in [2.45, 2.75) is 140 Å². The van der Waals surface area contributed by atoms with Crippen LogP contribution in [0.3, 0.4) is 0 Å². The normalized spacial score (nSPS) is 14.0. The summed E-state index contributed by atoms with van der Waals surface area (Å²) in [6, 6.07) is 10.9. The van der Waals surface area contributed by atoms with Crippen LogP contribution in [0.1, 0.15) is 126 Å². The highest BCUT2D eigenvalue weighted by molar-refractivity contribution is 5.97. The van der Waals surface area contributed by atoms with E-state index in [1.807, 2.05) is 48.5 Å². The van der Waals surface area contributed by atoms with Gasteiger partial charge < -0.3 is 59.0 Å². The number of aliphatic hydroxyl groups is 1. The molecule has 0 radical (unpaired) electrons.